The van der Waals surface area contributed by atoms with Gasteiger partial charge in [-0.25, -0.2) is 0 Å². The molecule has 0 aliphatic carbocycles. The smallest absolute Gasteiger partial charge is 0.253 e. The van der Waals surface area contributed by atoms with Crippen molar-refractivity contribution in [2.75, 3.05) is 13.1 Å². The first kappa shape index (κ1) is 18.0. The number of halogens is 1. The van der Waals surface area contributed by atoms with Crippen molar-refractivity contribution >= 4 is 28.4 Å². The number of hydrogen-bond acceptors (Lipinski definition) is 1. The van der Waals surface area contributed by atoms with E-state index in [0.717, 1.165) is 47.6 Å². The molecule has 0 saturated heterocycles. The van der Waals surface area contributed by atoms with E-state index in [0.29, 0.717) is 0 Å². The van der Waals surface area contributed by atoms with Gasteiger partial charge in [-0.3, -0.25) is 4.79 Å². The standard InChI is InChI=1S/C25H21ClN2O/c26-19-9-4-8-18(16-19)20-10-5-11-23-24(20)21-12-14-28(15-13-22(21)27-23)25(29)17-6-2-1-3-7-17/h1-11,16,27H,12-15H2. The highest BCUT2D eigenvalue weighted by Gasteiger charge is 2.23. The zero-order valence-corrected chi connectivity index (χ0v) is 16.7. The lowest BCUT2D eigenvalue weighted by Gasteiger charge is -2.20. The molecule has 29 heavy (non-hydrogen) atoms. The van der Waals surface area contributed by atoms with Crippen LogP contribution in [0.25, 0.3) is 22.0 Å². The SMILES string of the molecule is O=C(c1ccccc1)N1CCc2[nH]c3cccc(-c4cccc(Cl)c4)c3c2CC1. The van der Waals surface area contributed by atoms with Crippen molar-refractivity contribution in [2.45, 2.75) is 12.8 Å². The molecule has 5 rings (SSSR count). The normalized spacial score (nSPS) is 13.9. The third-order valence-electron chi connectivity index (χ3n) is 5.72. The molecule has 0 bridgehead atoms. The zero-order chi connectivity index (χ0) is 19.8. The van der Waals surface area contributed by atoms with E-state index in [1.807, 2.05) is 53.4 Å². The Kier molecular flexibility index (Phi) is 4.61. The van der Waals surface area contributed by atoms with Crippen molar-refractivity contribution in [3.8, 4) is 11.1 Å². The Bertz CT molecular complexity index is 1200. The van der Waals surface area contributed by atoms with Gasteiger partial charge in [-0.05, 0) is 53.4 Å². The van der Waals surface area contributed by atoms with Crippen molar-refractivity contribution in [3.05, 3.63) is 94.6 Å². The highest BCUT2D eigenvalue weighted by Crippen LogP contribution is 2.35. The Balaban J connectivity index is 1.52. The molecule has 4 aromatic rings. The fraction of sp³-hybridized carbons (Fsp3) is 0.160. The predicted molar refractivity (Wildman–Crippen MR) is 118 cm³/mol. The predicted octanol–water partition coefficient (Wildman–Crippen LogP) is 5.73. The second-order valence-corrected chi connectivity index (χ2v) is 7.92. The summed E-state index contributed by atoms with van der Waals surface area (Å²) in [6, 6.07) is 23.9. The van der Waals surface area contributed by atoms with Gasteiger partial charge < -0.3 is 9.88 Å². The lowest BCUT2D eigenvalue weighted by atomic mass is 9.97. The van der Waals surface area contributed by atoms with Crippen LogP contribution < -0.4 is 0 Å². The van der Waals surface area contributed by atoms with Crippen LogP contribution in [0.2, 0.25) is 5.02 Å². The lowest BCUT2D eigenvalue weighted by molar-refractivity contribution is 0.0763. The van der Waals surface area contributed by atoms with Crippen molar-refractivity contribution in [3.63, 3.8) is 0 Å². The van der Waals surface area contributed by atoms with E-state index in [9.17, 15) is 4.79 Å². The first-order chi connectivity index (χ1) is 14.2. The summed E-state index contributed by atoms with van der Waals surface area (Å²) < 4.78 is 0. The average Bonchev–Trinajstić information content (AvgIpc) is 2.98. The molecule has 1 N–H and O–H groups in total. The number of H-pyrrole nitrogens is 1. The average molecular weight is 401 g/mol. The molecule has 1 aromatic heterocycles. The fourth-order valence-electron chi connectivity index (χ4n) is 4.33. The van der Waals surface area contributed by atoms with E-state index in [-0.39, 0.29) is 5.91 Å². The minimum Gasteiger partial charge on any atom is -0.358 e. The van der Waals surface area contributed by atoms with Crippen molar-refractivity contribution in [2.24, 2.45) is 0 Å². The molecule has 0 spiro atoms. The van der Waals surface area contributed by atoms with Gasteiger partial charge in [-0.1, -0.05) is 54.1 Å². The number of benzene rings is 3. The maximum Gasteiger partial charge on any atom is 0.253 e. The molecule has 0 saturated carbocycles. The van der Waals surface area contributed by atoms with Crippen LogP contribution in [-0.2, 0) is 12.8 Å². The zero-order valence-electron chi connectivity index (χ0n) is 16.0. The second-order valence-electron chi connectivity index (χ2n) is 7.48. The minimum absolute atomic E-state index is 0.107. The van der Waals surface area contributed by atoms with Gasteiger partial charge in [0.2, 0.25) is 0 Å². The summed E-state index contributed by atoms with van der Waals surface area (Å²) in [5, 5.41) is 1.99. The van der Waals surface area contributed by atoms with E-state index in [2.05, 4.69) is 29.2 Å². The number of aromatic amines is 1. The Morgan fingerprint density at radius 1 is 0.897 bits per heavy atom. The molecule has 0 radical (unpaired) electrons. The molecule has 1 aliphatic rings. The van der Waals surface area contributed by atoms with E-state index in [1.165, 1.54) is 22.2 Å². The number of carbonyl (C=O) groups is 1. The van der Waals surface area contributed by atoms with Crippen LogP contribution in [0.5, 0.6) is 0 Å². The minimum atomic E-state index is 0.107. The summed E-state index contributed by atoms with van der Waals surface area (Å²) in [7, 11) is 0. The molecule has 3 nitrogen and oxygen atoms in total. The van der Waals surface area contributed by atoms with Crippen LogP contribution in [0.1, 0.15) is 21.6 Å². The summed E-state index contributed by atoms with van der Waals surface area (Å²) in [5.74, 6) is 0.107. The molecule has 0 fully saturated rings. The number of hydrogen-bond donors (Lipinski definition) is 1. The van der Waals surface area contributed by atoms with Crippen molar-refractivity contribution in [1.82, 2.24) is 9.88 Å². The molecule has 2 heterocycles. The van der Waals surface area contributed by atoms with Gasteiger partial charge in [0.05, 0.1) is 0 Å². The number of amides is 1. The fourth-order valence-corrected chi connectivity index (χ4v) is 4.52. The highest BCUT2D eigenvalue weighted by atomic mass is 35.5. The Labute approximate surface area is 174 Å². The van der Waals surface area contributed by atoms with Gasteiger partial charge in [-0.15, -0.1) is 0 Å². The van der Waals surface area contributed by atoms with E-state index in [4.69, 9.17) is 11.6 Å². The third kappa shape index (κ3) is 3.32. The number of nitrogens with one attached hydrogen (secondary N) is 1. The van der Waals surface area contributed by atoms with E-state index >= 15 is 0 Å². The Morgan fingerprint density at radius 3 is 2.52 bits per heavy atom. The molecule has 0 atom stereocenters. The lowest BCUT2D eigenvalue weighted by Crippen LogP contribution is -2.33. The molecule has 3 aromatic carbocycles. The Morgan fingerprint density at radius 2 is 1.69 bits per heavy atom. The number of aromatic nitrogens is 1. The van der Waals surface area contributed by atoms with Crippen LogP contribution in [-0.4, -0.2) is 28.9 Å². The number of fused-ring (bicyclic) bond motifs is 3. The summed E-state index contributed by atoms with van der Waals surface area (Å²) in [6.07, 6.45) is 1.67. The largest absolute Gasteiger partial charge is 0.358 e. The third-order valence-corrected chi connectivity index (χ3v) is 5.96. The number of carbonyl (C=O) groups excluding carboxylic acids is 1. The molecular weight excluding hydrogens is 380 g/mol. The van der Waals surface area contributed by atoms with E-state index in [1.54, 1.807) is 0 Å². The van der Waals surface area contributed by atoms with Crippen LogP contribution in [0.15, 0.2) is 72.8 Å². The van der Waals surface area contributed by atoms with Gasteiger partial charge in [0.25, 0.3) is 5.91 Å². The summed E-state index contributed by atoms with van der Waals surface area (Å²) in [4.78, 5) is 18.5. The first-order valence-corrected chi connectivity index (χ1v) is 10.3. The van der Waals surface area contributed by atoms with Crippen LogP contribution in [0, 0.1) is 0 Å². The van der Waals surface area contributed by atoms with Gasteiger partial charge in [-0.2, -0.15) is 0 Å². The maximum absolute atomic E-state index is 12.9. The molecule has 144 valence electrons. The van der Waals surface area contributed by atoms with Gasteiger partial charge in [0.1, 0.15) is 0 Å². The first-order valence-electron chi connectivity index (χ1n) is 9.93. The van der Waals surface area contributed by atoms with Crippen molar-refractivity contribution < 1.29 is 4.79 Å². The quantitative estimate of drug-likeness (QED) is 0.458. The van der Waals surface area contributed by atoms with Crippen LogP contribution >= 0.6 is 11.6 Å². The molecular formula is C25H21ClN2O. The van der Waals surface area contributed by atoms with Crippen LogP contribution in [0.4, 0.5) is 0 Å². The summed E-state index contributed by atoms with van der Waals surface area (Å²) >= 11 is 6.25. The summed E-state index contributed by atoms with van der Waals surface area (Å²) in [5.41, 5.74) is 6.76. The van der Waals surface area contributed by atoms with Gasteiger partial charge >= 0.3 is 0 Å². The highest BCUT2D eigenvalue weighted by molar-refractivity contribution is 6.30. The number of rotatable bonds is 2. The van der Waals surface area contributed by atoms with Crippen molar-refractivity contribution in [1.29, 1.82) is 0 Å². The number of nitrogens with zero attached hydrogens (tertiary/aromatic N) is 1. The summed E-state index contributed by atoms with van der Waals surface area (Å²) in [6.45, 7) is 1.44. The molecule has 4 heteroatoms. The monoisotopic (exact) mass is 400 g/mol. The maximum atomic E-state index is 12.9. The molecule has 0 unspecified atom stereocenters. The Hall–Kier alpha value is -3.04. The van der Waals surface area contributed by atoms with Crippen LogP contribution in [0.3, 0.4) is 0 Å². The van der Waals surface area contributed by atoms with Gasteiger partial charge in [0, 0.05) is 46.7 Å². The topological polar surface area (TPSA) is 36.1 Å². The molecule has 1 amide bonds. The van der Waals surface area contributed by atoms with E-state index < -0.39 is 0 Å². The molecule has 1 aliphatic heterocycles. The second kappa shape index (κ2) is 7.41. The van der Waals surface area contributed by atoms with Gasteiger partial charge in [0.15, 0.2) is 0 Å².